The van der Waals surface area contributed by atoms with Crippen LogP contribution in [0.1, 0.15) is 15.6 Å². The summed E-state index contributed by atoms with van der Waals surface area (Å²) in [4.78, 5) is 16.5. The number of hydrogen-bond acceptors (Lipinski definition) is 4. The van der Waals surface area contributed by atoms with Crippen molar-refractivity contribution in [3.05, 3.63) is 63.8 Å². The molecule has 5 heteroatoms. The molecule has 100 valence electrons. The van der Waals surface area contributed by atoms with E-state index in [1.807, 2.05) is 35.7 Å². The molecule has 0 aliphatic rings. The second-order valence-corrected chi connectivity index (χ2v) is 5.51. The average molecular weight is 304 g/mol. The summed E-state index contributed by atoms with van der Waals surface area (Å²) < 4.78 is 5.10. The van der Waals surface area contributed by atoms with Crippen LogP contribution in [0.2, 0.25) is 5.22 Å². The minimum Gasteiger partial charge on any atom is -0.442 e. The van der Waals surface area contributed by atoms with E-state index in [9.17, 15) is 4.79 Å². The quantitative estimate of drug-likeness (QED) is 0.667. The number of carbonyl (C=O) groups is 1. The van der Waals surface area contributed by atoms with Gasteiger partial charge in [0, 0.05) is 10.9 Å². The molecule has 3 rings (SSSR count). The standard InChI is InChI=1S/C15H10ClNO2S/c16-14-7-6-13(19-14)12(18)8-15-17-11(9-20-15)10-4-2-1-3-5-10/h1-7,9H,8H2. The van der Waals surface area contributed by atoms with E-state index in [0.29, 0.717) is 0 Å². The number of rotatable bonds is 4. The van der Waals surface area contributed by atoms with Crippen LogP contribution in [0.4, 0.5) is 0 Å². The average Bonchev–Trinajstić information content (AvgIpc) is 3.09. The number of thiazole rings is 1. The zero-order valence-corrected chi connectivity index (χ0v) is 11.9. The molecule has 0 saturated carbocycles. The molecular weight excluding hydrogens is 294 g/mol. The van der Waals surface area contributed by atoms with Crippen LogP contribution in [-0.4, -0.2) is 10.8 Å². The lowest BCUT2D eigenvalue weighted by atomic mass is 10.2. The third kappa shape index (κ3) is 2.81. The zero-order chi connectivity index (χ0) is 13.9. The predicted molar refractivity (Wildman–Crippen MR) is 79.3 cm³/mol. The van der Waals surface area contributed by atoms with Crippen LogP contribution in [0.15, 0.2) is 52.3 Å². The fourth-order valence-electron chi connectivity index (χ4n) is 1.82. The molecule has 0 radical (unpaired) electrons. The van der Waals surface area contributed by atoms with Gasteiger partial charge in [-0.2, -0.15) is 0 Å². The van der Waals surface area contributed by atoms with Gasteiger partial charge in [0.1, 0.15) is 5.01 Å². The molecule has 0 N–H and O–H groups in total. The van der Waals surface area contributed by atoms with Crippen LogP contribution in [0.25, 0.3) is 11.3 Å². The van der Waals surface area contributed by atoms with E-state index in [1.165, 1.54) is 11.3 Å². The van der Waals surface area contributed by atoms with Gasteiger partial charge >= 0.3 is 0 Å². The van der Waals surface area contributed by atoms with Crippen LogP contribution >= 0.6 is 22.9 Å². The summed E-state index contributed by atoms with van der Waals surface area (Å²) >= 11 is 7.13. The lowest BCUT2D eigenvalue weighted by molar-refractivity contribution is 0.0966. The third-order valence-corrected chi connectivity index (χ3v) is 3.83. The minimum absolute atomic E-state index is 0.120. The molecule has 0 aliphatic heterocycles. The lowest BCUT2D eigenvalue weighted by Gasteiger charge is -1.95. The lowest BCUT2D eigenvalue weighted by Crippen LogP contribution is -2.01. The second kappa shape index (κ2) is 5.61. The Morgan fingerprint density at radius 2 is 2.00 bits per heavy atom. The van der Waals surface area contributed by atoms with Crippen LogP contribution in [0.5, 0.6) is 0 Å². The number of aromatic nitrogens is 1. The van der Waals surface area contributed by atoms with Crippen molar-refractivity contribution in [1.82, 2.24) is 4.98 Å². The molecule has 0 amide bonds. The number of hydrogen-bond donors (Lipinski definition) is 0. The van der Waals surface area contributed by atoms with Crippen molar-refractivity contribution in [1.29, 1.82) is 0 Å². The summed E-state index contributed by atoms with van der Waals surface area (Å²) in [7, 11) is 0. The van der Waals surface area contributed by atoms with Crippen molar-refractivity contribution >= 4 is 28.7 Å². The molecule has 3 nitrogen and oxygen atoms in total. The first-order valence-electron chi connectivity index (χ1n) is 6.01. The van der Waals surface area contributed by atoms with Gasteiger partial charge in [0.25, 0.3) is 0 Å². The van der Waals surface area contributed by atoms with E-state index in [4.69, 9.17) is 16.0 Å². The van der Waals surface area contributed by atoms with Crippen LogP contribution < -0.4 is 0 Å². The Morgan fingerprint density at radius 1 is 1.20 bits per heavy atom. The Kier molecular flexibility index (Phi) is 3.67. The number of benzene rings is 1. The summed E-state index contributed by atoms with van der Waals surface area (Å²) in [5.74, 6) is 0.150. The van der Waals surface area contributed by atoms with Gasteiger partial charge in [-0.1, -0.05) is 30.3 Å². The third-order valence-electron chi connectivity index (χ3n) is 2.78. The molecule has 0 aliphatic carbocycles. The van der Waals surface area contributed by atoms with Gasteiger partial charge in [0.2, 0.25) is 5.78 Å². The molecule has 0 atom stereocenters. The van der Waals surface area contributed by atoms with E-state index in [0.717, 1.165) is 16.3 Å². The molecule has 0 bridgehead atoms. The second-order valence-electron chi connectivity index (χ2n) is 4.20. The first kappa shape index (κ1) is 13.1. The number of furan rings is 1. The summed E-state index contributed by atoms with van der Waals surface area (Å²) in [5, 5.41) is 2.94. The summed E-state index contributed by atoms with van der Waals surface area (Å²) in [5.41, 5.74) is 1.93. The molecule has 3 aromatic rings. The Hall–Kier alpha value is -1.91. The van der Waals surface area contributed by atoms with Crippen molar-refractivity contribution in [2.45, 2.75) is 6.42 Å². The van der Waals surface area contributed by atoms with E-state index in [2.05, 4.69) is 4.98 Å². The van der Waals surface area contributed by atoms with Crippen LogP contribution in [-0.2, 0) is 6.42 Å². The van der Waals surface area contributed by atoms with Crippen molar-refractivity contribution in [2.75, 3.05) is 0 Å². The monoisotopic (exact) mass is 303 g/mol. The smallest absolute Gasteiger partial charge is 0.204 e. The number of ketones is 1. The number of halogens is 1. The molecule has 0 spiro atoms. The van der Waals surface area contributed by atoms with E-state index < -0.39 is 0 Å². The molecule has 0 fully saturated rings. The Bertz CT molecular complexity index is 733. The Labute approximate surface area is 124 Å². The summed E-state index contributed by atoms with van der Waals surface area (Å²) in [6.45, 7) is 0. The van der Waals surface area contributed by atoms with Crippen molar-refractivity contribution in [2.24, 2.45) is 0 Å². The van der Waals surface area contributed by atoms with E-state index in [1.54, 1.807) is 12.1 Å². The van der Waals surface area contributed by atoms with Crippen LogP contribution in [0.3, 0.4) is 0 Å². The van der Waals surface area contributed by atoms with Crippen LogP contribution in [0, 0.1) is 0 Å². The number of Topliss-reactive ketones (excluding diaryl/α,β-unsaturated/α-hetero) is 1. The Morgan fingerprint density at radius 3 is 2.70 bits per heavy atom. The summed E-state index contributed by atoms with van der Waals surface area (Å²) in [6, 6.07) is 13.0. The highest BCUT2D eigenvalue weighted by Crippen LogP contribution is 2.23. The van der Waals surface area contributed by atoms with Crippen molar-refractivity contribution < 1.29 is 9.21 Å². The normalized spacial score (nSPS) is 10.7. The maximum Gasteiger partial charge on any atom is 0.204 e. The van der Waals surface area contributed by atoms with Gasteiger partial charge in [-0.05, 0) is 23.7 Å². The highest BCUT2D eigenvalue weighted by atomic mass is 35.5. The fourth-order valence-corrected chi connectivity index (χ4v) is 2.77. The highest BCUT2D eigenvalue weighted by Gasteiger charge is 2.14. The SMILES string of the molecule is O=C(Cc1nc(-c2ccccc2)cs1)c1ccc(Cl)o1. The zero-order valence-electron chi connectivity index (χ0n) is 10.4. The predicted octanol–water partition coefficient (Wildman–Crippen LogP) is 4.48. The van der Waals surface area contributed by atoms with Gasteiger partial charge in [0.05, 0.1) is 12.1 Å². The molecule has 1 aromatic carbocycles. The van der Waals surface area contributed by atoms with Gasteiger partial charge in [-0.25, -0.2) is 4.98 Å². The van der Waals surface area contributed by atoms with Gasteiger partial charge in [-0.15, -0.1) is 11.3 Å². The molecule has 20 heavy (non-hydrogen) atoms. The number of carbonyl (C=O) groups excluding carboxylic acids is 1. The minimum atomic E-state index is -0.120. The van der Waals surface area contributed by atoms with E-state index >= 15 is 0 Å². The first-order valence-corrected chi connectivity index (χ1v) is 7.26. The Balaban J connectivity index is 1.76. The molecule has 2 aromatic heterocycles. The maximum atomic E-state index is 12.0. The summed E-state index contributed by atoms with van der Waals surface area (Å²) in [6.07, 6.45) is 0.224. The molecular formula is C15H10ClNO2S. The van der Waals surface area contributed by atoms with E-state index in [-0.39, 0.29) is 23.2 Å². The topological polar surface area (TPSA) is 43.1 Å². The first-order chi connectivity index (χ1) is 9.72. The van der Waals surface area contributed by atoms with Gasteiger partial charge < -0.3 is 4.42 Å². The van der Waals surface area contributed by atoms with Crippen molar-refractivity contribution in [3.63, 3.8) is 0 Å². The van der Waals surface area contributed by atoms with Gasteiger partial charge in [0.15, 0.2) is 11.0 Å². The number of nitrogens with zero attached hydrogens (tertiary/aromatic N) is 1. The maximum absolute atomic E-state index is 12.0. The molecule has 2 heterocycles. The largest absolute Gasteiger partial charge is 0.442 e. The fraction of sp³-hybridized carbons (Fsp3) is 0.0667. The molecule has 0 unspecified atom stereocenters. The molecule has 0 saturated heterocycles. The highest BCUT2D eigenvalue weighted by molar-refractivity contribution is 7.10. The van der Waals surface area contributed by atoms with Crippen molar-refractivity contribution in [3.8, 4) is 11.3 Å². The van der Waals surface area contributed by atoms with Gasteiger partial charge in [-0.3, -0.25) is 4.79 Å².